The molecule has 2 aromatic carbocycles. The molecular formula is C15H14BrFO2. The zero-order valence-electron chi connectivity index (χ0n) is 10.4. The SMILES string of the molecule is CC(O)c1ccc(OCc2ccccc2Br)cc1F. The third-order valence-corrected chi connectivity index (χ3v) is 3.55. The van der Waals surface area contributed by atoms with Crippen molar-refractivity contribution in [2.24, 2.45) is 0 Å². The number of aliphatic hydroxyl groups excluding tert-OH is 1. The number of aliphatic hydroxyl groups is 1. The van der Waals surface area contributed by atoms with Crippen LogP contribution in [0, 0.1) is 5.82 Å². The molecule has 1 atom stereocenters. The summed E-state index contributed by atoms with van der Waals surface area (Å²) in [5, 5.41) is 9.35. The fraction of sp³-hybridized carbons (Fsp3) is 0.200. The van der Waals surface area contributed by atoms with Crippen molar-refractivity contribution in [3.8, 4) is 5.75 Å². The third kappa shape index (κ3) is 3.55. The second-order valence-corrected chi connectivity index (χ2v) is 5.09. The van der Waals surface area contributed by atoms with Gasteiger partial charge in [-0.25, -0.2) is 4.39 Å². The molecule has 0 bridgehead atoms. The first-order valence-corrected chi connectivity index (χ1v) is 6.71. The molecule has 19 heavy (non-hydrogen) atoms. The van der Waals surface area contributed by atoms with Crippen molar-refractivity contribution in [2.45, 2.75) is 19.6 Å². The molecule has 0 saturated carbocycles. The second kappa shape index (κ2) is 6.17. The molecule has 0 heterocycles. The predicted molar refractivity (Wildman–Crippen MR) is 75.5 cm³/mol. The van der Waals surface area contributed by atoms with Gasteiger partial charge in [0.15, 0.2) is 0 Å². The van der Waals surface area contributed by atoms with Gasteiger partial charge in [0, 0.05) is 21.7 Å². The first-order valence-electron chi connectivity index (χ1n) is 5.91. The summed E-state index contributed by atoms with van der Waals surface area (Å²) < 4.78 is 20.1. The van der Waals surface area contributed by atoms with Crippen LogP contribution in [0.2, 0.25) is 0 Å². The quantitative estimate of drug-likeness (QED) is 0.912. The molecule has 0 saturated heterocycles. The van der Waals surface area contributed by atoms with Gasteiger partial charge in [0.05, 0.1) is 6.10 Å². The van der Waals surface area contributed by atoms with Gasteiger partial charge in [0.25, 0.3) is 0 Å². The van der Waals surface area contributed by atoms with Gasteiger partial charge in [-0.2, -0.15) is 0 Å². The van der Waals surface area contributed by atoms with E-state index in [0.717, 1.165) is 10.0 Å². The maximum absolute atomic E-state index is 13.7. The van der Waals surface area contributed by atoms with Crippen molar-refractivity contribution in [3.05, 3.63) is 63.9 Å². The highest BCUT2D eigenvalue weighted by atomic mass is 79.9. The van der Waals surface area contributed by atoms with Crippen molar-refractivity contribution in [3.63, 3.8) is 0 Å². The van der Waals surface area contributed by atoms with Crippen LogP contribution < -0.4 is 4.74 Å². The Bertz CT molecular complexity index is 570. The van der Waals surface area contributed by atoms with Gasteiger partial charge in [-0.3, -0.25) is 0 Å². The van der Waals surface area contributed by atoms with Gasteiger partial charge < -0.3 is 9.84 Å². The summed E-state index contributed by atoms with van der Waals surface area (Å²) in [7, 11) is 0. The van der Waals surface area contributed by atoms with E-state index in [1.54, 1.807) is 6.07 Å². The molecule has 1 unspecified atom stereocenters. The number of hydrogen-bond acceptors (Lipinski definition) is 2. The lowest BCUT2D eigenvalue weighted by Gasteiger charge is -2.10. The lowest BCUT2D eigenvalue weighted by atomic mass is 10.1. The Balaban J connectivity index is 2.08. The Hall–Kier alpha value is -1.39. The largest absolute Gasteiger partial charge is 0.489 e. The maximum atomic E-state index is 13.7. The van der Waals surface area contributed by atoms with Crippen LogP contribution >= 0.6 is 15.9 Å². The van der Waals surface area contributed by atoms with Gasteiger partial charge in [0.1, 0.15) is 18.2 Å². The highest BCUT2D eigenvalue weighted by molar-refractivity contribution is 9.10. The summed E-state index contributed by atoms with van der Waals surface area (Å²) in [5.41, 5.74) is 1.26. The number of halogens is 2. The molecule has 100 valence electrons. The molecule has 4 heteroatoms. The monoisotopic (exact) mass is 324 g/mol. The molecule has 0 amide bonds. The van der Waals surface area contributed by atoms with Crippen molar-refractivity contribution in [2.75, 3.05) is 0 Å². The van der Waals surface area contributed by atoms with Crippen LogP contribution in [0.25, 0.3) is 0 Å². The minimum Gasteiger partial charge on any atom is -0.489 e. The second-order valence-electron chi connectivity index (χ2n) is 4.24. The summed E-state index contributed by atoms with van der Waals surface area (Å²) in [6, 6.07) is 12.2. The van der Waals surface area contributed by atoms with Crippen LogP contribution in [0.3, 0.4) is 0 Å². The molecule has 0 aliphatic heterocycles. The van der Waals surface area contributed by atoms with Gasteiger partial charge >= 0.3 is 0 Å². The van der Waals surface area contributed by atoms with E-state index < -0.39 is 11.9 Å². The minimum atomic E-state index is -0.822. The topological polar surface area (TPSA) is 29.5 Å². The van der Waals surface area contributed by atoms with Gasteiger partial charge in [0.2, 0.25) is 0 Å². The average Bonchev–Trinajstić information content (AvgIpc) is 2.37. The number of benzene rings is 2. The van der Waals surface area contributed by atoms with Crippen LogP contribution in [-0.4, -0.2) is 5.11 Å². The molecule has 0 radical (unpaired) electrons. The number of hydrogen-bond donors (Lipinski definition) is 1. The van der Waals surface area contributed by atoms with E-state index in [9.17, 15) is 9.50 Å². The summed E-state index contributed by atoms with van der Waals surface area (Å²) in [6.07, 6.45) is -0.822. The van der Waals surface area contributed by atoms with E-state index in [-0.39, 0.29) is 5.56 Å². The third-order valence-electron chi connectivity index (χ3n) is 2.77. The maximum Gasteiger partial charge on any atom is 0.132 e. The molecule has 2 aromatic rings. The number of ether oxygens (including phenoxy) is 1. The van der Waals surface area contributed by atoms with E-state index in [4.69, 9.17) is 4.74 Å². The Morgan fingerprint density at radius 2 is 2.00 bits per heavy atom. The average molecular weight is 325 g/mol. The van der Waals surface area contributed by atoms with Crippen molar-refractivity contribution in [1.82, 2.24) is 0 Å². The smallest absolute Gasteiger partial charge is 0.132 e. The highest BCUT2D eigenvalue weighted by Gasteiger charge is 2.09. The molecule has 0 spiro atoms. The van der Waals surface area contributed by atoms with Gasteiger partial charge in [-0.15, -0.1) is 0 Å². The molecular weight excluding hydrogens is 311 g/mol. The summed E-state index contributed by atoms with van der Waals surface area (Å²) >= 11 is 3.43. The lowest BCUT2D eigenvalue weighted by molar-refractivity contribution is 0.194. The molecule has 0 fully saturated rings. The standard InChI is InChI=1S/C15H14BrFO2/c1-10(18)13-7-6-12(8-15(13)17)19-9-11-4-2-3-5-14(11)16/h2-8,10,18H,9H2,1H3. The zero-order valence-corrected chi connectivity index (χ0v) is 12.0. The van der Waals surface area contributed by atoms with E-state index in [0.29, 0.717) is 12.4 Å². The van der Waals surface area contributed by atoms with Gasteiger partial charge in [-0.1, -0.05) is 34.1 Å². The van der Waals surface area contributed by atoms with Crippen LogP contribution in [0.15, 0.2) is 46.9 Å². The first-order chi connectivity index (χ1) is 9.08. The molecule has 1 N–H and O–H groups in total. The number of rotatable bonds is 4. The van der Waals surface area contributed by atoms with Crippen LogP contribution in [0.4, 0.5) is 4.39 Å². The van der Waals surface area contributed by atoms with E-state index in [1.807, 2.05) is 24.3 Å². The van der Waals surface area contributed by atoms with Crippen LogP contribution in [-0.2, 0) is 6.61 Å². The fourth-order valence-electron chi connectivity index (χ4n) is 1.71. The van der Waals surface area contributed by atoms with Crippen molar-refractivity contribution < 1.29 is 14.2 Å². The first kappa shape index (κ1) is 14.0. The highest BCUT2D eigenvalue weighted by Crippen LogP contribution is 2.23. The summed E-state index contributed by atoms with van der Waals surface area (Å²) in [4.78, 5) is 0. The Morgan fingerprint density at radius 1 is 1.26 bits per heavy atom. The van der Waals surface area contributed by atoms with E-state index >= 15 is 0 Å². The minimum absolute atomic E-state index is 0.272. The summed E-state index contributed by atoms with van der Waals surface area (Å²) in [6.45, 7) is 1.88. The van der Waals surface area contributed by atoms with Crippen molar-refractivity contribution in [1.29, 1.82) is 0 Å². The lowest BCUT2D eigenvalue weighted by Crippen LogP contribution is -1.99. The zero-order chi connectivity index (χ0) is 13.8. The van der Waals surface area contributed by atoms with Gasteiger partial charge in [-0.05, 0) is 25.1 Å². The molecule has 0 aromatic heterocycles. The summed E-state index contributed by atoms with van der Waals surface area (Å²) in [5.74, 6) is -0.0164. The van der Waals surface area contributed by atoms with Crippen molar-refractivity contribution >= 4 is 15.9 Å². The van der Waals surface area contributed by atoms with E-state index in [1.165, 1.54) is 19.1 Å². The Kier molecular flexibility index (Phi) is 4.56. The fourth-order valence-corrected chi connectivity index (χ4v) is 2.11. The Labute approximate surface area is 120 Å². The van der Waals surface area contributed by atoms with Crippen LogP contribution in [0.1, 0.15) is 24.2 Å². The van der Waals surface area contributed by atoms with E-state index in [2.05, 4.69) is 15.9 Å². The molecule has 2 rings (SSSR count). The Morgan fingerprint density at radius 3 is 2.63 bits per heavy atom. The molecule has 2 nitrogen and oxygen atoms in total. The molecule has 0 aliphatic rings. The molecule has 0 aliphatic carbocycles. The predicted octanol–water partition coefficient (Wildman–Crippen LogP) is 4.22. The van der Waals surface area contributed by atoms with Crippen LogP contribution in [0.5, 0.6) is 5.75 Å². The normalized spacial score (nSPS) is 12.2.